The second-order valence-electron chi connectivity index (χ2n) is 3.18. The summed E-state index contributed by atoms with van der Waals surface area (Å²) in [5.41, 5.74) is 5.96. The first-order valence-electron chi connectivity index (χ1n) is 4.66. The summed E-state index contributed by atoms with van der Waals surface area (Å²) in [6.45, 7) is 5.38. The quantitative estimate of drug-likeness (QED) is 0.612. The molecule has 2 heteroatoms. The van der Waals surface area contributed by atoms with Crippen molar-refractivity contribution in [3.63, 3.8) is 0 Å². The average Bonchev–Trinajstić information content (AvgIpc) is 2.00. The summed E-state index contributed by atoms with van der Waals surface area (Å²) in [4.78, 5) is 0. The van der Waals surface area contributed by atoms with Gasteiger partial charge in [-0.05, 0) is 19.4 Å². The summed E-state index contributed by atoms with van der Waals surface area (Å²) in [6, 6.07) is 0.338. The fraction of sp³-hybridized carbons (Fsp3) is 1.00. The van der Waals surface area contributed by atoms with Crippen molar-refractivity contribution in [2.24, 2.45) is 11.7 Å². The first kappa shape index (κ1) is 10.9. The summed E-state index contributed by atoms with van der Waals surface area (Å²) >= 11 is 0. The summed E-state index contributed by atoms with van der Waals surface area (Å²) in [5.74, 6) is 0.701. The minimum absolute atomic E-state index is 0.338. The van der Waals surface area contributed by atoms with Gasteiger partial charge >= 0.3 is 0 Å². The predicted molar refractivity (Wildman–Crippen MR) is 50.6 cm³/mol. The summed E-state index contributed by atoms with van der Waals surface area (Å²) in [7, 11) is 1.96. The van der Waals surface area contributed by atoms with E-state index < -0.39 is 0 Å². The third kappa shape index (κ3) is 4.38. The van der Waals surface area contributed by atoms with Crippen LogP contribution in [0.15, 0.2) is 0 Å². The fourth-order valence-corrected chi connectivity index (χ4v) is 1.49. The second kappa shape index (κ2) is 6.62. The van der Waals surface area contributed by atoms with Gasteiger partial charge in [-0.3, -0.25) is 0 Å². The molecule has 0 aliphatic heterocycles. The van der Waals surface area contributed by atoms with Gasteiger partial charge < -0.3 is 11.1 Å². The lowest BCUT2D eigenvalue weighted by Gasteiger charge is -2.21. The number of rotatable bonds is 6. The van der Waals surface area contributed by atoms with E-state index in [-0.39, 0.29) is 0 Å². The predicted octanol–water partition coefficient (Wildman–Crippen LogP) is 1.36. The van der Waals surface area contributed by atoms with Crippen LogP contribution in [0, 0.1) is 5.92 Å². The zero-order valence-electron chi connectivity index (χ0n) is 8.06. The third-order valence-electron chi connectivity index (χ3n) is 2.23. The highest BCUT2D eigenvalue weighted by Crippen LogP contribution is 2.13. The Morgan fingerprint density at radius 2 is 2.00 bits per heavy atom. The Labute approximate surface area is 70.5 Å². The lowest BCUT2D eigenvalue weighted by atomic mass is 9.93. The first-order chi connectivity index (χ1) is 5.26. The van der Waals surface area contributed by atoms with Crippen LogP contribution in [-0.4, -0.2) is 19.6 Å². The van der Waals surface area contributed by atoms with Gasteiger partial charge in [0.1, 0.15) is 0 Å². The molecule has 0 spiro atoms. The van der Waals surface area contributed by atoms with Crippen LogP contribution < -0.4 is 11.1 Å². The molecular formula is C9H22N2. The van der Waals surface area contributed by atoms with Crippen LogP contribution >= 0.6 is 0 Å². The van der Waals surface area contributed by atoms with Crippen LogP contribution in [0.2, 0.25) is 0 Å². The molecule has 2 atom stereocenters. The summed E-state index contributed by atoms with van der Waals surface area (Å²) in [5, 5.41) is 3.12. The maximum atomic E-state index is 5.96. The molecule has 0 aromatic rings. The molecule has 0 fully saturated rings. The van der Waals surface area contributed by atoms with Gasteiger partial charge in [0, 0.05) is 12.6 Å². The van der Waals surface area contributed by atoms with E-state index in [0.717, 1.165) is 6.54 Å². The van der Waals surface area contributed by atoms with Gasteiger partial charge in [-0.15, -0.1) is 0 Å². The Kier molecular flexibility index (Phi) is 6.57. The van der Waals surface area contributed by atoms with Crippen LogP contribution in [0.25, 0.3) is 0 Å². The zero-order valence-corrected chi connectivity index (χ0v) is 8.06. The Morgan fingerprint density at radius 3 is 2.36 bits per heavy atom. The molecule has 0 radical (unpaired) electrons. The Balaban J connectivity index is 3.61. The molecule has 0 aliphatic carbocycles. The topological polar surface area (TPSA) is 38.0 Å². The Morgan fingerprint density at radius 1 is 1.36 bits per heavy atom. The zero-order chi connectivity index (χ0) is 8.69. The van der Waals surface area contributed by atoms with Gasteiger partial charge in [-0.2, -0.15) is 0 Å². The van der Waals surface area contributed by atoms with Crippen LogP contribution in [0.3, 0.4) is 0 Å². The molecule has 0 saturated heterocycles. The minimum atomic E-state index is 0.338. The minimum Gasteiger partial charge on any atom is -0.326 e. The van der Waals surface area contributed by atoms with E-state index in [1.54, 1.807) is 0 Å². The van der Waals surface area contributed by atoms with Gasteiger partial charge in [0.05, 0.1) is 0 Å². The third-order valence-corrected chi connectivity index (χ3v) is 2.23. The van der Waals surface area contributed by atoms with Crippen molar-refractivity contribution < 1.29 is 0 Å². The molecule has 68 valence electrons. The van der Waals surface area contributed by atoms with E-state index in [1.807, 2.05) is 7.05 Å². The van der Waals surface area contributed by atoms with E-state index in [0.29, 0.717) is 12.0 Å². The molecule has 0 amide bonds. The monoisotopic (exact) mass is 158 g/mol. The van der Waals surface area contributed by atoms with E-state index in [1.165, 1.54) is 19.3 Å². The smallest absolute Gasteiger partial charge is 0.0193 e. The van der Waals surface area contributed by atoms with Crippen molar-refractivity contribution in [1.29, 1.82) is 0 Å². The summed E-state index contributed by atoms with van der Waals surface area (Å²) < 4.78 is 0. The molecule has 0 aromatic heterocycles. The molecule has 0 bridgehead atoms. The largest absolute Gasteiger partial charge is 0.326 e. The van der Waals surface area contributed by atoms with Crippen LogP contribution in [0.1, 0.15) is 33.1 Å². The van der Waals surface area contributed by atoms with Crippen LogP contribution in [0.4, 0.5) is 0 Å². The highest BCUT2D eigenvalue weighted by Gasteiger charge is 2.13. The lowest BCUT2D eigenvalue weighted by Crippen LogP contribution is -2.38. The fourth-order valence-electron chi connectivity index (χ4n) is 1.49. The van der Waals surface area contributed by atoms with E-state index in [2.05, 4.69) is 19.2 Å². The highest BCUT2D eigenvalue weighted by atomic mass is 14.9. The number of likely N-dealkylation sites (N-methyl/N-ethyl adjacent to an activating group) is 1. The number of hydrogen-bond acceptors (Lipinski definition) is 2. The van der Waals surface area contributed by atoms with Crippen molar-refractivity contribution in [3.05, 3.63) is 0 Å². The molecule has 0 saturated carbocycles. The molecule has 2 unspecified atom stereocenters. The normalized spacial score (nSPS) is 16.4. The van der Waals surface area contributed by atoms with E-state index >= 15 is 0 Å². The molecule has 0 aliphatic rings. The molecule has 3 N–H and O–H groups in total. The Bertz CT molecular complexity index is 83.6. The van der Waals surface area contributed by atoms with Gasteiger partial charge in [0.2, 0.25) is 0 Å². The van der Waals surface area contributed by atoms with Crippen molar-refractivity contribution in [1.82, 2.24) is 5.32 Å². The second-order valence-corrected chi connectivity index (χ2v) is 3.18. The highest BCUT2D eigenvalue weighted by molar-refractivity contribution is 4.72. The molecule has 0 rings (SSSR count). The van der Waals surface area contributed by atoms with Gasteiger partial charge in [0.25, 0.3) is 0 Å². The maximum absolute atomic E-state index is 5.96. The van der Waals surface area contributed by atoms with Gasteiger partial charge in [-0.1, -0.05) is 26.7 Å². The first-order valence-corrected chi connectivity index (χ1v) is 4.66. The molecular weight excluding hydrogens is 136 g/mol. The van der Waals surface area contributed by atoms with Crippen LogP contribution in [0.5, 0.6) is 0 Å². The Hall–Kier alpha value is -0.0800. The van der Waals surface area contributed by atoms with E-state index in [9.17, 15) is 0 Å². The molecule has 0 heterocycles. The number of nitrogens with two attached hydrogens (primary N) is 1. The van der Waals surface area contributed by atoms with Gasteiger partial charge in [0.15, 0.2) is 0 Å². The number of hydrogen-bond donors (Lipinski definition) is 2. The van der Waals surface area contributed by atoms with Crippen molar-refractivity contribution >= 4 is 0 Å². The molecule has 0 aromatic carbocycles. The number of nitrogens with one attached hydrogen (secondary N) is 1. The molecule has 2 nitrogen and oxygen atoms in total. The lowest BCUT2D eigenvalue weighted by molar-refractivity contribution is 0.370. The average molecular weight is 158 g/mol. The summed E-state index contributed by atoms with van der Waals surface area (Å²) in [6.07, 6.45) is 3.71. The van der Waals surface area contributed by atoms with Crippen LogP contribution in [-0.2, 0) is 0 Å². The van der Waals surface area contributed by atoms with Gasteiger partial charge in [-0.25, -0.2) is 0 Å². The SMILES string of the molecule is CCCC(CC)C(N)CNC. The van der Waals surface area contributed by atoms with Crippen molar-refractivity contribution in [2.75, 3.05) is 13.6 Å². The maximum Gasteiger partial charge on any atom is 0.0193 e. The molecule has 11 heavy (non-hydrogen) atoms. The van der Waals surface area contributed by atoms with E-state index in [4.69, 9.17) is 5.73 Å². The van der Waals surface area contributed by atoms with Crippen molar-refractivity contribution in [2.45, 2.75) is 39.2 Å². The standard InChI is InChI=1S/C9H22N2/c1-4-6-8(5-2)9(10)7-11-3/h8-9,11H,4-7,10H2,1-3H3. The van der Waals surface area contributed by atoms with Crippen molar-refractivity contribution in [3.8, 4) is 0 Å².